The topological polar surface area (TPSA) is 66.8 Å². The molecule has 0 amide bonds. The Morgan fingerprint density at radius 2 is 1.12 bits per heavy atom. The number of cyclic esters (lactones) is 1. The third-order valence-corrected chi connectivity index (χ3v) is 6.39. The van der Waals surface area contributed by atoms with Crippen LogP contribution in [0.1, 0.15) is 88.8 Å². The van der Waals surface area contributed by atoms with Crippen molar-refractivity contribution < 1.29 is 19.7 Å². The molecular weight excluding hydrogens is 424 g/mol. The monoisotopic (exact) mass is 462 g/mol. The van der Waals surface area contributed by atoms with Crippen LogP contribution in [-0.4, -0.2) is 30.4 Å². The maximum absolute atomic E-state index is 13.1. The minimum absolute atomic E-state index is 0.255. The average Bonchev–Trinajstić information content (AvgIpc) is 3.15. The van der Waals surface area contributed by atoms with Gasteiger partial charge < -0.3 is 14.9 Å². The van der Waals surface area contributed by atoms with Crippen molar-refractivity contribution in [2.75, 3.05) is 14.2 Å². The number of aliphatic hydroxyl groups excluding tert-OH is 2. The minimum atomic E-state index is -0.933. The van der Waals surface area contributed by atoms with Gasteiger partial charge in [-0.25, -0.2) is 4.79 Å². The summed E-state index contributed by atoms with van der Waals surface area (Å²) in [6.07, 6.45) is 0. The summed E-state index contributed by atoms with van der Waals surface area (Å²) in [6.45, 7) is 13.0. The molecule has 4 heteroatoms. The number of fused-ring (bicyclic) bond motifs is 1. The van der Waals surface area contributed by atoms with Gasteiger partial charge in [0, 0.05) is 30.9 Å². The van der Waals surface area contributed by atoms with Crippen LogP contribution in [0.2, 0.25) is 0 Å². The van der Waals surface area contributed by atoms with Crippen LogP contribution in [0.3, 0.4) is 0 Å². The number of benzene rings is 3. The van der Waals surface area contributed by atoms with E-state index in [9.17, 15) is 4.79 Å². The fourth-order valence-corrected chi connectivity index (χ4v) is 4.52. The largest absolute Gasteiger partial charge is 0.441 e. The molecule has 0 bridgehead atoms. The Kier molecular flexibility index (Phi) is 9.20. The maximum atomic E-state index is 13.1. The highest BCUT2D eigenvalue weighted by Gasteiger charge is 2.50. The van der Waals surface area contributed by atoms with Crippen molar-refractivity contribution in [3.63, 3.8) is 0 Å². The van der Waals surface area contributed by atoms with Gasteiger partial charge in [0.05, 0.1) is 5.56 Å². The van der Waals surface area contributed by atoms with E-state index >= 15 is 0 Å². The number of esters is 1. The SMILES string of the molecule is CO.CO.Cc1ccc(C(C)C)cc1C1(c2cc(C(C)C)ccc2C)OC(=O)c2ccccc21. The smallest absolute Gasteiger partial charge is 0.340 e. The Hall–Kier alpha value is -2.95. The summed E-state index contributed by atoms with van der Waals surface area (Å²) in [7, 11) is 2.00. The molecule has 0 unspecified atom stereocenters. The second-order valence-electron chi connectivity index (χ2n) is 9.07. The van der Waals surface area contributed by atoms with E-state index < -0.39 is 5.60 Å². The van der Waals surface area contributed by atoms with E-state index in [2.05, 4.69) is 77.9 Å². The van der Waals surface area contributed by atoms with Gasteiger partial charge in [-0.2, -0.15) is 0 Å². The summed E-state index contributed by atoms with van der Waals surface area (Å²) in [6, 6.07) is 21.0. The number of rotatable bonds is 4. The summed E-state index contributed by atoms with van der Waals surface area (Å²) in [5, 5.41) is 14.0. The molecule has 34 heavy (non-hydrogen) atoms. The highest BCUT2D eigenvalue weighted by Crippen LogP contribution is 2.49. The molecule has 0 saturated heterocycles. The molecular formula is C30H38O4. The molecule has 3 aromatic rings. The van der Waals surface area contributed by atoms with Gasteiger partial charge in [-0.15, -0.1) is 0 Å². The summed E-state index contributed by atoms with van der Waals surface area (Å²) >= 11 is 0. The number of aryl methyl sites for hydroxylation is 2. The van der Waals surface area contributed by atoms with E-state index in [0.29, 0.717) is 17.4 Å². The number of carbonyl (C=O) groups is 1. The van der Waals surface area contributed by atoms with E-state index in [4.69, 9.17) is 14.9 Å². The van der Waals surface area contributed by atoms with E-state index in [1.807, 2.05) is 24.3 Å². The van der Waals surface area contributed by atoms with Crippen LogP contribution in [0, 0.1) is 13.8 Å². The summed E-state index contributed by atoms with van der Waals surface area (Å²) in [4.78, 5) is 13.1. The molecule has 182 valence electrons. The maximum Gasteiger partial charge on any atom is 0.340 e. The second kappa shape index (κ2) is 11.5. The van der Waals surface area contributed by atoms with Gasteiger partial charge >= 0.3 is 5.97 Å². The normalized spacial score (nSPS) is 13.5. The molecule has 1 heterocycles. The van der Waals surface area contributed by atoms with Gasteiger partial charge in [-0.1, -0.05) is 82.3 Å². The molecule has 0 aliphatic carbocycles. The van der Waals surface area contributed by atoms with Crippen LogP contribution in [0.5, 0.6) is 0 Å². The minimum Gasteiger partial charge on any atom is -0.441 e. The molecule has 1 aliphatic rings. The first-order valence-electron chi connectivity index (χ1n) is 11.7. The van der Waals surface area contributed by atoms with Gasteiger partial charge in [-0.05, 0) is 54.0 Å². The van der Waals surface area contributed by atoms with E-state index in [1.54, 1.807) is 0 Å². The van der Waals surface area contributed by atoms with Gasteiger partial charge in [0.15, 0.2) is 5.60 Å². The number of aliphatic hydroxyl groups is 2. The first-order valence-corrected chi connectivity index (χ1v) is 11.7. The van der Waals surface area contributed by atoms with Crippen molar-refractivity contribution in [2.24, 2.45) is 0 Å². The number of carbonyl (C=O) groups excluding carboxylic acids is 1. The molecule has 4 nitrogen and oxygen atoms in total. The fourth-order valence-electron chi connectivity index (χ4n) is 4.52. The van der Waals surface area contributed by atoms with Crippen molar-refractivity contribution >= 4 is 5.97 Å². The Morgan fingerprint density at radius 1 is 0.676 bits per heavy atom. The molecule has 0 radical (unpaired) electrons. The third kappa shape index (κ3) is 4.79. The Balaban J connectivity index is 0.000000970. The van der Waals surface area contributed by atoms with Gasteiger partial charge in [0.1, 0.15) is 0 Å². The predicted molar refractivity (Wildman–Crippen MR) is 139 cm³/mol. The molecule has 4 rings (SSSR count). The third-order valence-electron chi connectivity index (χ3n) is 6.39. The summed E-state index contributed by atoms with van der Waals surface area (Å²) in [5.74, 6) is 0.517. The average molecular weight is 463 g/mol. The lowest BCUT2D eigenvalue weighted by molar-refractivity contribution is 0.0248. The van der Waals surface area contributed by atoms with Crippen LogP contribution in [0.4, 0.5) is 0 Å². The molecule has 0 spiro atoms. The Morgan fingerprint density at radius 3 is 1.56 bits per heavy atom. The van der Waals surface area contributed by atoms with Crippen molar-refractivity contribution in [1.29, 1.82) is 0 Å². The first-order chi connectivity index (χ1) is 16.3. The lowest BCUT2D eigenvalue weighted by Gasteiger charge is -2.34. The fraction of sp³-hybridized carbons (Fsp3) is 0.367. The standard InChI is InChI=1S/C28H30O2.2CH4O/c1-17(2)21-13-11-19(5)25(15-21)28(24-10-8-7-9-23(24)27(29)30-28)26-16-22(18(3)4)14-12-20(26)6;2*1-2/h7-18H,1-6H3;2*2H,1H3. The Labute approximate surface area is 204 Å². The number of ether oxygens (including phenoxy) is 1. The highest BCUT2D eigenvalue weighted by atomic mass is 16.6. The van der Waals surface area contributed by atoms with Crippen molar-refractivity contribution in [1.82, 2.24) is 0 Å². The molecule has 3 aromatic carbocycles. The molecule has 0 saturated carbocycles. The zero-order valence-electron chi connectivity index (χ0n) is 21.6. The zero-order valence-corrected chi connectivity index (χ0v) is 21.6. The lowest BCUT2D eigenvalue weighted by Crippen LogP contribution is -2.32. The van der Waals surface area contributed by atoms with Crippen LogP contribution in [-0.2, 0) is 10.3 Å². The second-order valence-corrected chi connectivity index (χ2v) is 9.07. The Bertz CT molecular complexity index is 1070. The van der Waals surface area contributed by atoms with Crippen LogP contribution in [0.15, 0.2) is 60.7 Å². The van der Waals surface area contributed by atoms with E-state index in [0.717, 1.165) is 42.0 Å². The van der Waals surface area contributed by atoms with Crippen molar-refractivity contribution in [2.45, 2.75) is 59.0 Å². The summed E-state index contributed by atoms with van der Waals surface area (Å²) < 4.78 is 6.38. The van der Waals surface area contributed by atoms with E-state index in [1.165, 1.54) is 11.1 Å². The molecule has 0 aromatic heterocycles. The summed E-state index contributed by atoms with van der Waals surface area (Å²) in [5.41, 5.74) is 7.49. The van der Waals surface area contributed by atoms with Gasteiger partial charge in [0.2, 0.25) is 0 Å². The van der Waals surface area contributed by atoms with Crippen molar-refractivity contribution in [3.05, 3.63) is 105 Å². The molecule has 1 aliphatic heterocycles. The van der Waals surface area contributed by atoms with Crippen LogP contribution in [0.25, 0.3) is 0 Å². The zero-order chi connectivity index (χ0) is 25.6. The molecule has 0 fully saturated rings. The van der Waals surface area contributed by atoms with Crippen LogP contribution >= 0.6 is 0 Å². The first kappa shape index (κ1) is 27.3. The predicted octanol–water partition coefficient (Wildman–Crippen LogP) is 6.23. The highest BCUT2D eigenvalue weighted by molar-refractivity contribution is 5.96. The van der Waals surface area contributed by atoms with Crippen LogP contribution < -0.4 is 0 Å². The lowest BCUT2D eigenvalue weighted by atomic mass is 9.75. The van der Waals surface area contributed by atoms with Gasteiger partial charge in [-0.3, -0.25) is 0 Å². The van der Waals surface area contributed by atoms with Crippen molar-refractivity contribution in [3.8, 4) is 0 Å². The number of hydrogen-bond donors (Lipinski definition) is 2. The van der Waals surface area contributed by atoms with E-state index in [-0.39, 0.29) is 5.97 Å². The quantitative estimate of drug-likeness (QED) is 0.451. The van der Waals surface area contributed by atoms with Gasteiger partial charge in [0.25, 0.3) is 0 Å². The number of hydrogen-bond acceptors (Lipinski definition) is 4. The molecule has 2 N–H and O–H groups in total. The molecule has 0 atom stereocenters.